The molecule has 0 N–H and O–H groups in total. The molecule has 0 radical (unpaired) electrons. The number of benzene rings is 2. The van der Waals surface area contributed by atoms with E-state index in [0.717, 1.165) is 6.07 Å². The summed E-state index contributed by atoms with van der Waals surface area (Å²) < 4.78 is 26.7. The predicted molar refractivity (Wildman–Crippen MR) is 63.2 cm³/mol. The van der Waals surface area contributed by atoms with Crippen LogP contribution in [-0.2, 0) is 0 Å². The van der Waals surface area contributed by atoms with Gasteiger partial charge in [0, 0.05) is 6.07 Å². The molecule has 92 valence electrons. The Hall–Kier alpha value is -2.30. The van der Waals surface area contributed by atoms with Crippen LogP contribution in [0.2, 0.25) is 0 Å². The first-order chi connectivity index (χ1) is 8.49. The van der Waals surface area contributed by atoms with Crippen molar-refractivity contribution in [3.05, 3.63) is 63.7 Å². The second-order valence-electron chi connectivity index (χ2n) is 3.87. The van der Waals surface area contributed by atoms with Gasteiger partial charge in [-0.05, 0) is 36.2 Å². The van der Waals surface area contributed by atoms with Gasteiger partial charge in [-0.3, -0.25) is 10.1 Å². The molecule has 0 aliphatic heterocycles. The van der Waals surface area contributed by atoms with Crippen LogP contribution < -0.4 is 0 Å². The van der Waals surface area contributed by atoms with Gasteiger partial charge in [0.2, 0.25) is 0 Å². The van der Waals surface area contributed by atoms with Gasteiger partial charge >= 0.3 is 0 Å². The summed E-state index contributed by atoms with van der Waals surface area (Å²) in [5, 5.41) is 10.8. The average Bonchev–Trinajstić information content (AvgIpc) is 2.32. The molecule has 5 heteroatoms. The lowest BCUT2D eigenvalue weighted by Crippen LogP contribution is -1.95. The first kappa shape index (κ1) is 12.2. The lowest BCUT2D eigenvalue weighted by molar-refractivity contribution is -0.385. The number of hydrogen-bond donors (Lipinski definition) is 0. The SMILES string of the molecule is Cc1c(F)cc(-c2cccc(F)c2)cc1[N+](=O)[O-]. The number of nitrogens with zero attached hydrogens (tertiary/aromatic N) is 1. The van der Waals surface area contributed by atoms with Crippen LogP contribution in [0.25, 0.3) is 11.1 Å². The van der Waals surface area contributed by atoms with Gasteiger partial charge in [0.05, 0.1) is 10.5 Å². The Balaban J connectivity index is 2.63. The second-order valence-corrected chi connectivity index (χ2v) is 3.87. The summed E-state index contributed by atoms with van der Waals surface area (Å²) in [4.78, 5) is 10.1. The van der Waals surface area contributed by atoms with E-state index in [2.05, 4.69) is 0 Å². The maximum absolute atomic E-state index is 13.6. The van der Waals surface area contributed by atoms with Crippen molar-refractivity contribution < 1.29 is 13.7 Å². The normalized spacial score (nSPS) is 10.4. The van der Waals surface area contributed by atoms with Crippen LogP contribution >= 0.6 is 0 Å². The Kier molecular flexibility index (Phi) is 3.06. The fourth-order valence-electron chi connectivity index (χ4n) is 1.69. The molecular weight excluding hydrogens is 240 g/mol. The van der Waals surface area contributed by atoms with Crippen molar-refractivity contribution in [3.8, 4) is 11.1 Å². The maximum atomic E-state index is 13.6. The molecule has 0 saturated carbocycles. The Morgan fingerprint density at radius 1 is 1.11 bits per heavy atom. The number of nitro groups is 1. The summed E-state index contributed by atoms with van der Waals surface area (Å²) in [6.45, 7) is 1.34. The van der Waals surface area contributed by atoms with Crippen molar-refractivity contribution in [2.45, 2.75) is 6.92 Å². The standard InChI is InChI=1S/C13H9F2NO2/c1-8-12(15)6-10(7-13(8)16(17)18)9-3-2-4-11(14)5-9/h2-7H,1H3. The summed E-state index contributed by atoms with van der Waals surface area (Å²) in [5.74, 6) is -1.15. The lowest BCUT2D eigenvalue weighted by atomic mass is 10.0. The molecule has 0 heterocycles. The average molecular weight is 249 g/mol. The zero-order chi connectivity index (χ0) is 13.3. The lowest BCUT2D eigenvalue weighted by Gasteiger charge is -2.05. The summed E-state index contributed by atoms with van der Waals surface area (Å²) in [5.41, 5.74) is 0.343. The zero-order valence-electron chi connectivity index (χ0n) is 9.48. The second kappa shape index (κ2) is 4.52. The first-order valence-corrected chi connectivity index (χ1v) is 5.19. The van der Waals surface area contributed by atoms with E-state index in [9.17, 15) is 18.9 Å². The monoisotopic (exact) mass is 249 g/mol. The van der Waals surface area contributed by atoms with Gasteiger partial charge in [-0.2, -0.15) is 0 Å². The third kappa shape index (κ3) is 2.20. The maximum Gasteiger partial charge on any atom is 0.275 e. The molecular formula is C13H9F2NO2. The Labute approximate surface area is 102 Å². The van der Waals surface area contributed by atoms with Crippen LogP contribution in [0.1, 0.15) is 5.56 Å². The van der Waals surface area contributed by atoms with Gasteiger partial charge in [-0.25, -0.2) is 8.78 Å². The number of halogens is 2. The van der Waals surface area contributed by atoms with Crippen molar-refractivity contribution >= 4 is 5.69 Å². The van der Waals surface area contributed by atoms with E-state index in [1.165, 1.54) is 31.2 Å². The summed E-state index contributed by atoms with van der Waals surface area (Å²) in [6, 6.07) is 7.89. The molecule has 2 aromatic rings. The first-order valence-electron chi connectivity index (χ1n) is 5.19. The van der Waals surface area contributed by atoms with E-state index in [4.69, 9.17) is 0 Å². The van der Waals surface area contributed by atoms with E-state index in [1.54, 1.807) is 6.07 Å². The van der Waals surface area contributed by atoms with Crippen molar-refractivity contribution in [2.24, 2.45) is 0 Å². The third-order valence-corrected chi connectivity index (χ3v) is 2.67. The molecule has 2 rings (SSSR count). The Morgan fingerprint density at radius 2 is 1.83 bits per heavy atom. The van der Waals surface area contributed by atoms with Crippen LogP contribution in [0, 0.1) is 28.7 Å². The van der Waals surface area contributed by atoms with Crippen molar-refractivity contribution in [3.63, 3.8) is 0 Å². The highest BCUT2D eigenvalue weighted by Crippen LogP contribution is 2.29. The Bertz CT molecular complexity index is 626. The molecule has 0 aromatic heterocycles. The number of nitro benzene ring substituents is 1. The van der Waals surface area contributed by atoms with E-state index < -0.39 is 16.6 Å². The summed E-state index contributed by atoms with van der Waals surface area (Å²) in [6.07, 6.45) is 0. The van der Waals surface area contributed by atoms with Gasteiger partial charge in [0.15, 0.2) is 0 Å². The number of hydrogen-bond acceptors (Lipinski definition) is 2. The van der Waals surface area contributed by atoms with Crippen molar-refractivity contribution in [2.75, 3.05) is 0 Å². The minimum Gasteiger partial charge on any atom is -0.258 e. The molecule has 0 bridgehead atoms. The van der Waals surface area contributed by atoms with E-state index >= 15 is 0 Å². The highest BCUT2D eigenvalue weighted by molar-refractivity contribution is 5.67. The van der Waals surface area contributed by atoms with E-state index in [0.29, 0.717) is 5.56 Å². The Morgan fingerprint density at radius 3 is 2.44 bits per heavy atom. The molecule has 0 fully saturated rings. The molecule has 0 saturated heterocycles. The van der Waals surface area contributed by atoms with Crippen LogP contribution in [0.3, 0.4) is 0 Å². The molecule has 0 amide bonds. The van der Waals surface area contributed by atoms with Crippen LogP contribution in [-0.4, -0.2) is 4.92 Å². The van der Waals surface area contributed by atoms with Gasteiger partial charge < -0.3 is 0 Å². The highest BCUT2D eigenvalue weighted by atomic mass is 19.1. The molecule has 3 nitrogen and oxygen atoms in total. The third-order valence-electron chi connectivity index (χ3n) is 2.67. The van der Waals surface area contributed by atoms with E-state index in [-0.39, 0.29) is 16.8 Å². The zero-order valence-corrected chi connectivity index (χ0v) is 9.48. The molecule has 18 heavy (non-hydrogen) atoms. The minimum absolute atomic E-state index is 0.0276. The van der Waals surface area contributed by atoms with Gasteiger partial charge in [0.1, 0.15) is 11.6 Å². The highest BCUT2D eigenvalue weighted by Gasteiger charge is 2.17. The van der Waals surface area contributed by atoms with E-state index in [1.807, 2.05) is 0 Å². The van der Waals surface area contributed by atoms with Crippen LogP contribution in [0.4, 0.5) is 14.5 Å². The van der Waals surface area contributed by atoms with Gasteiger partial charge in [-0.1, -0.05) is 12.1 Å². The smallest absolute Gasteiger partial charge is 0.258 e. The minimum atomic E-state index is -0.677. The molecule has 0 spiro atoms. The molecule has 0 aliphatic rings. The van der Waals surface area contributed by atoms with Gasteiger partial charge in [0.25, 0.3) is 5.69 Å². The molecule has 2 aromatic carbocycles. The van der Waals surface area contributed by atoms with Crippen LogP contribution in [0.5, 0.6) is 0 Å². The van der Waals surface area contributed by atoms with Crippen LogP contribution in [0.15, 0.2) is 36.4 Å². The summed E-state index contributed by atoms with van der Waals surface area (Å²) in [7, 11) is 0. The molecule has 0 atom stereocenters. The van der Waals surface area contributed by atoms with Gasteiger partial charge in [-0.15, -0.1) is 0 Å². The largest absolute Gasteiger partial charge is 0.275 e. The predicted octanol–water partition coefficient (Wildman–Crippen LogP) is 3.85. The summed E-state index contributed by atoms with van der Waals surface area (Å²) >= 11 is 0. The number of rotatable bonds is 2. The fraction of sp³-hybridized carbons (Fsp3) is 0.0769. The quantitative estimate of drug-likeness (QED) is 0.599. The topological polar surface area (TPSA) is 43.1 Å². The molecule has 0 unspecified atom stereocenters. The fourth-order valence-corrected chi connectivity index (χ4v) is 1.69. The van der Waals surface area contributed by atoms with Crippen molar-refractivity contribution in [1.29, 1.82) is 0 Å². The molecule has 0 aliphatic carbocycles. The van der Waals surface area contributed by atoms with Crippen molar-refractivity contribution in [1.82, 2.24) is 0 Å².